The number of carbonyl (C=O) groups excluding carboxylic acids is 2. The van der Waals surface area contributed by atoms with Gasteiger partial charge in [-0.05, 0) is 42.3 Å². The number of amides is 2. The van der Waals surface area contributed by atoms with Crippen molar-refractivity contribution in [1.82, 2.24) is 0 Å². The molecule has 2 rings (SSSR count). The number of hydrogen-bond donors (Lipinski definition) is 2. The molecule has 0 saturated carbocycles. The Kier molecular flexibility index (Phi) is 5.89. The maximum absolute atomic E-state index is 13.6. The van der Waals surface area contributed by atoms with E-state index in [1.54, 1.807) is 36.4 Å². The molecule has 0 saturated heterocycles. The van der Waals surface area contributed by atoms with Crippen molar-refractivity contribution < 1.29 is 18.7 Å². The minimum absolute atomic E-state index is 0.179. The minimum Gasteiger partial charge on any atom is -0.494 e. The van der Waals surface area contributed by atoms with Crippen LogP contribution < -0.4 is 15.4 Å². The summed E-state index contributed by atoms with van der Waals surface area (Å²) in [5.74, 6) is -0.636. The molecular weight excluding hydrogens is 311 g/mol. The highest BCUT2D eigenvalue weighted by atomic mass is 19.1. The lowest BCUT2D eigenvalue weighted by Crippen LogP contribution is -2.13. The van der Waals surface area contributed by atoms with Gasteiger partial charge in [0.25, 0.3) is 0 Å². The zero-order chi connectivity index (χ0) is 17.5. The number of methoxy groups -OCH3 is 1. The quantitative estimate of drug-likeness (QED) is 0.853. The maximum atomic E-state index is 13.6. The van der Waals surface area contributed by atoms with Crippen LogP contribution >= 0.6 is 0 Å². The molecule has 0 fully saturated rings. The van der Waals surface area contributed by atoms with Crippen LogP contribution in [0.25, 0.3) is 0 Å². The SMILES string of the molecule is COc1ccc(CCC(=O)Nc2cccc(NC(C)=O)c2)cc1F. The van der Waals surface area contributed by atoms with Crippen molar-refractivity contribution in [2.24, 2.45) is 0 Å². The summed E-state index contributed by atoms with van der Waals surface area (Å²) >= 11 is 0. The van der Waals surface area contributed by atoms with Gasteiger partial charge in [0.05, 0.1) is 7.11 Å². The monoisotopic (exact) mass is 330 g/mol. The molecule has 0 aliphatic heterocycles. The molecule has 2 N–H and O–H groups in total. The van der Waals surface area contributed by atoms with Crippen molar-refractivity contribution in [3.63, 3.8) is 0 Å². The predicted molar refractivity (Wildman–Crippen MR) is 90.6 cm³/mol. The Labute approximate surface area is 139 Å². The average molecular weight is 330 g/mol. The highest BCUT2D eigenvalue weighted by Crippen LogP contribution is 2.19. The molecule has 0 aliphatic carbocycles. The van der Waals surface area contributed by atoms with Crippen LogP contribution in [0.1, 0.15) is 18.9 Å². The van der Waals surface area contributed by atoms with E-state index >= 15 is 0 Å². The second-order valence-corrected chi connectivity index (χ2v) is 5.28. The Morgan fingerprint density at radius 3 is 2.42 bits per heavy atom. The predicted octanol–water partition coefficient (Wildman–Crippen LogP) is 3.36. The molecule has 0 aromatic heterocycles. The number of aryl methyl sites for hydroxylation is 1. The van der Waals surface area contributed by atoms with E-state index in [1.807, 2.05) is 0 Å². The topological polar surface area (TPSA) is 67.4 Å². The Morgan fingerprint density at radius 1 is 1.08 bits per heavy atom. The van der Waals surface area contributed by atoms with Gasteiger partial charge >= 0.3 is 0 Å². The van der Waals surface area contributed by atoms with Crippen LogP contribution in [0.4, 0.5) is 15.8 Å². The van der Waals surface area contributed by atoms with Crippen LogP contribution in [0.3, 0.4) is 0 Å². The fourth-order valence-electron chi connectivity index (χ4n) is 2.22. The van der Waals surface area contributed by atoms with Crippen LogP contribution in [0.15, 0.2) is 42.5 Å². The van der Waals surface area contributed by atoms with E-state index in [1.165, 1.54) is 20.1 Å². The first-order valence-corrected chi connectivity index (χ1v) is 7.48. The smallest absolute Gasteiger partial charge is 0.224 e. The maximum Gasteiger partial charge on any atom is 0.224 e. The van der Waals surface area contributed by atoms with E-state index in [0.29, 0.717) is 17.8 Å². The molecular formula is C18H19FN2O3. The van der Waals surface area contributed by atoms with Crippen LogP contribution in [-0.2, 0) is 16.0 Å². The highest BCUT2D eigenvalue weighted by Gasteiger charge is 2.07. The third kappa shape index (κ3) is 5.08. The largest absolute Gasteiger partial charge is 0.494 e. The number of benzene rings is 2. The highest BCUT2D eigenvalue weighted by molar-refractivity contribution is 5.93. The summed E-state index contributed by atoms with van der Waals surface area (Å²) in [7, 11) is 1.40. The van der Waals surface area contributed by atoms with Gasteiger partial charge in [-0.15, -0.1) is 0 Å². The van der Waals surface area contributed by atoms with Crippen molar-refractivity contribution in [3.05, 3.63) is 53.8 Å². The standard InChI is InChI=1S/C18H19FN2O3/c1-12(22)20-14-4-3-5-15(11-14)21-18(23)9-7-13-6-8-17(24-2)16(19)10-13/h3-6,8,10-11H,7,9H2,1-2H3,(H,20,22)(H,21,23). The lowest BCUT2D eigenvalue weighted by atomic mass is 10.1. The molecule has 0 atom stereocenters. The van der Waals surface area contributed by atoms with Gasteiger partial charge in [-0.25, -0.2) is 4.39 Å². The first-order chi connectivity index (χ1) is 11.5. The zero-order valence-corrected chi connectivity index (χ0v) is 13.6. The summed E-state index contributed by atoms with van der Waals surface area (Å²) in [6.07, 6.45) is 0.633. The molecule has 6 heteroatoms. The van der Waals surface area contributed by atoms with Crippen molar-refractivity contribution in [2.45, 2.75) is 19.8 Å². The van der Waals surface area contributed by atoms with E-state index in [2.05, 4.69) is 10.6 Å². The van der Waals surface area contributed by atoms with E-state index in [9.17, 15) is 14.0 Å². The van der Waals surface area contributed by atoms with E-state index < -0.39 is 5.82 Å². The normalized spacial score (nSPS) is 10.1. The fourth-order valence-corrected chi connectivity index (χ4v) is 2.22. The number of anilines is 2. The van der Waals surface area contributed by atoms with Gasteiger partial charge in [0, 0.05) is 24.7 Å². The number of halogens is 1. The zero-order valence-electron chi connectivity index (χ0n) is 13.6. The molecule has 24 heavy (non-hydrogen) atoms. The molecule has 0 heterocycles. The fraction of sp³-hybridized carbons (Fsp3) is 0.222. The van der Waals surface area contributed by atoms with E-state index in [-0.39, 0.29) is 24.0 Å². The van der Waals surface area contributed by atoms with Gasteiger partial charge in [-0.3, -0.25) is 9.59 Å². The van der Waals surface area contributed by atoms with E-state index in [0.717, 1.165) is 5.56 Å². The van der Waals surface area contributed by atoms with Gasteiger partial charge in [-0.2, -0.15) is 0 Å². The number of hydrogen-bond acceptors (Lipinski definition) is 3. The summed E-state index contributed by atoms with van der Waals surface area (Å²) in [5.41, 5.74) is 1.92. The van der Waals surface area contributed by atoms with Crippen LogP contribution in [0.5, 0.6) is 5.75 Å². The lowest BCUT2D eigenvalue weighted by Gasteiger charge is -2.08. The third-order valence-corrected chi connectivity index (χ3v) is 3.32. The number of rotatable bonds is 6. The van der Waals surface area contributed by atoms with Crippen molar-refractivity contribution in [3.8, 4) is 5.75 Å². The summed E-state index contributed by atoms with van der Waals surface area (Å²) in [4.78, 5) is 23.1. The summed E-state index contributed by atoms with van der Waals surface area (Å²) < 4.78 is 18.5. The Hall–Kier alpha value is -2.89. The van der Waals surface area contributed by atoms with Crippen molar-refractivity contribution in [2.75, 3.05) is 17.7 Å². The van der Waals surface area contributed by atoms with Gasteiger partial charge < -0.3 is 15.4 Å². The van der Waals surface area contributed by atoms with Gasteiger partial charge in [0.2, 0.25) is 11.8 Å². The molecule has 2 amide bonds. The van der Waals surface area contributed by atoms with Gasteiger partial charge in [-0.1, -0.05) is 12.1 Å². The average Bonchev–Trinajstić information content (AvgIpc) is 2.53. The molecule has 2 aromatic rings. The summed E-state index contributed by atoms with van der Waals surface area (Å²) in [6.45, 7) is 1.42. The molecule has 0 bridgehead atoms. The second-order valence-electron chi connectivity index (χ2n) is 5.28. The Balaban J connectivity index is 1.91. The van der Waals surface area contributed by atoms with Crippen molar-refractivity contribution >= 4 is 23.2 Å². The lowest BCUT2D eigenvalue weighted by molar-refractivity contribution is -0.116. The molecule has 2 aromatic carbocycles. The Morgan fingerprint density at radius 2 is 1.79 bits per heavy atom. The van der Waals surface area contributed by atoms with E-state index in [4.69, 9.17) is 4.74 Å². The second kappa shape index (κ2) is 8.10. The first kappa shape index (κ1) is 17.5. The molecule has 0 aliphatic rings. The summed E-state index contributed by atoms with van der Waals surface area (Å²) in [6, 6.07) is 11.5. The van der Waals surface area contributed by atoms with Gasteiger partial charge in [0.15, 0.2) is 11.6 Å². The first-order valence-electron chi connectivity index (χ1n) is 7.48. The molecule has 0 unspecified atom stereocenters. The van der Waals surface area contributed by atoms with Gasteiger partial charge in [0.1, 0.15) is 0 Å². The molecule has 126 valence electrons. The van der Waals surface area contributed by atoms with Crippen LogP contribution in [0, 0.1) is 5.82 Å². The molecule has 0 spiro atoms. The minimum atomic E-state index is -0.446. The number of carbonyl (C=O) groups is 2. The van der Waals surface area contributed by atoms with Crippen molar-refractivity contribution in [1.29, 1.82) is 0 Å². The number of ether oxygens (including phenoxy) is 1. The summed E-state index contributed by atoms with van der Waals surface area (Å²) in [5, 5.41) is 5.40. The van der Waals surface area contributed by atoms with Crippen LogP contribution in [0.2, 0.25) is 0 Å². The third-order valence-electron chi connectivity index (χ3n) is 3.32. The van der Waals surface area contributed by atoms with Crippen LogP contribution in [-0.4, -0.2) is 18.9 Å². The molecule has 5 nitrogen and oxygen atoms in total. The Bertz CT molecular complexity index is 747. The molecule has 0 radical (unpaired) electrons. The number of nitrogens with one attached hydrogen (secondary N) is 2.